The van der Waals surface area contributed by atoms with Gasteiger partial charge in [-0.1, -0.05) is 30.3 Å². The zero-order chi connectivity index (χ0) is 12.1. The zero-order valence-electron chi connectivity index (χ0n) is 9.86. The Balaban J connectivity index is 1.84. The van der Waals surface area contributed by atoms with Gasteiger partial charge in [0, 0.05) is 6.04 Å². The predicted octanol–water partition coefficient (Wildman–Crippen LogP) is 3.07. The molecule has 17 heavy (non-hydrogen) atoms. The molecule has 3 heteroatoms. The highest BCUT2D eigenvalue weighted by Crippen LogP contribution is 2.32. The van der Waals surface area contributed by atoms with Crippen molar-refractivity contribution in [3.63, 3.8) is 0 Å². The molecular formula is C14H18ClNO. The van der Waals surface area contributed by atoms with Crippen molar-refractivity contribution in [2.45, 2.75) is 37.6 Å². The lowest BCUT2D eigenvalue weighted by atomic mass is 9.82. The molecule has 92 valence electrons. The van der Waals surface area contributed by atoms with E-state index < -0.39 is 0 Å². The maximum Gasteiger partial charge on any atom is 0.235 e. The number of carbonyl (C=O) groups excluding carboxylic acids is 1. The van der Waals surface area contributed by atoms with E-state index in [1.165, 1.54) is 5.56 Å². The Morgan fingerprint density at radius 2 is 1.82 bits per heavy atom. The average Bonchev–Trinajstić information content (AvgIpc) is 2.40. The lowest BCUT2D eigenvalue weighted by Crippen LogP contribution is -2.37. The molecule has 0 aromatic heterocycles. The molecule has 0 saturated heterocycles. The van der Waals surface area contributed by atoms with Gasteiger partial charge in [-0.2, -0.15) is 0 Å². The van der Waals surface area contributed by atoms with Crippen LogP contribution in [0.2, 0.25) is 0 Å². The van der Waals surface area contributed by atoms with Crippen LogP contribution in [-0.2, 0) is 4.79 Å². The van der Waals surface area contributed by atoms with Crippen LogP contribution in [0.25, 0.3) is 0 Å². The minimum Gasteiger partial charge on any atom is -0.352 e. The van der Waals surface area contributed by atoms with Gasteiger partial charge in [0.15, 0.2) is 0 Å². The van der Waals surface area contributed by atoms with Crippen molar-refractivity contribution in [3.05, 3.63) is 35.9 Å². The maximum absolute atomic E-state index is 11.2. The van der Waals surface area contributed by atoms with Crippen molar-refractivity contribution in [2.24, 2.45) is 0 Å². The van der Waals surface area contributed by atoms with E-state index in [1.807, 2.05) is 0 Å². The Morgan fingerprint density at radius 1 is 1.18 bits per heavy atom. The summed E-state index contributed by atoms with van der Waals surface area (Å²) in [7, 11) is 0. The summed E-state index contributed by atoms with van der Waals surface area (Å²) < 4.78 is 0. The van der Waals surface area contributed by atoms with Gasteiger partial charge < -0.3 is 5.32 Å². The summed E-state index contributed by atoms with van der Waals surface area (Å²) in [5.74, 6) is 0.675. The Hall–Kier alpha value is -1.02. The highest BCUT2D eigenvalue weighted by Gasteiger charge is 2.22. The lowest BCUT2D eigenvalue weighted by Gasteiger charge is -2.29. The SMILES string of the molecule is O=C(CCl)NC1CCC(c2ccccc2)CC1. The van der Waals surface area contributed by atoms with Crippen LogP contribution in [0.4, 0.5) is 0 Å². The monoisotopic (exact) mass is 251 g/mol. The molecule has 1 amide bonds. The minimum atomic E-state index is -0.0465. The molecule has 1 aromatic rings. The van der Waals surface area contributed by atoms with Crippen molar-refractivity contribution in [3.8, 4) is 0 Å². The minimum absolute atomic E-state index is 0.0465. The number of hydrogen-bond donors (Lipinski definition) is 1. The second-order valence-electron chi connectivity index (χ2n) is 4.66. The first kappa shape index (κ1) is 12.4. The highest BCUT2D eigenvalue weighted by atomic mass is 35.5. The van der Waals surface area contributed by atoms with Crippen molar-refractivity contribution in [1.82, 2.24) is 5.32 Å². The van der Waals surface area contributed by atoms with Crippen LogP contribution in [0.15, 0.2) is 30.3 Å². The van der Waals surface area contributed by atoms with Crippen molar-refractivity contribution in [1.29, 1.82) is 0 Å². The van der Waals surface area contributed by atoms with E-state index in [2.05, 4.69) is 35.6 Å². The molecule has 0 bridgehead atoms. The lowest BCUT2D eigenvalue weighted by molar-refractivity contribution is -0.119. The first-order valence-corrected chi connectivity index (χ1v) is 6.73. The van der Waals surface area contributed by atoms with E-state index in [9.17, 15) is 4.79 Å². The number of amides is 1. The summed E-state index contributed by atoms with van der Waals surface area (Å²) in [6.07, 6.45) is 4.42. The van der Waals surface area contributed by atoms with Crippen molar-refractivity contribution in [2.75, 3.05) is 5.88 Å². The number of carbonyl (C=O) groups is 1. The van der Waals surface area contributed by atoms with E-state index in [-0.39, 0.29) is 11.8 Å². The molecule has 1 aliphatic rings. The molecule has 0 spiro atoms. The molecule has 0 radical (unpaired) electrons. The Labute approximate surface area is 107 Å². The number of alkyl halides is 1. The van der Waals surface area contributed by atoms with Gasteiger partial charge in [-0.25, -0.2) is 0 Å². The van der Waals surface area contributed by atoms with Gasteiger partial charge in [0.05, 0.1) is 0 Å². The summed E-state index contributed by atoms with van der Waals surface area (Å²) >= 11 is 5.48. The van der Waals surface area contributed by atoms with E-state index in [4.69, 9.17) is 11.6 Å². The van der Waals surface area contributed by atoms with E-state index in [0.717, 1.165) is 25.7 Å². The number of hydrogen-bond acceptors (Lipinski definition) is 1. The number of benzene rings is 1. The van der Waals surface area contributed by atoms with Crippen LogP contribution >= 0.6 is 11.6 Å². The fraction of sp³-hybridized carbons (Fsp3) is 0.500. The Morgan fingerprint density at radius 3 is 2.41 bits per heavy atom. The van der Waals surface area contributed by atoms with Gasteiger partial charge in [-0.3, -0.25) is 4.79 Å². The smallest absolute Gasteiger partial charge is 0.235 e. The molecule has 2 nitrogen and oxygen atoms in total. The molecule has 1 fully saturated rings. The number of nitrogens with one attached hydrogen (secondary N) is 1. The summed E-state index contributed by atoms with van der Waals surface area (Å²) in [5, 5.41) is 2.97. The second kappa shape index (κ2) is 6.06. The molecule has 1 N–H and O–H groups in total. The quantitative estimate of drug-likeness (QED) is 0.822. The average molecular weight is 252 g/mol. The maximum atomic E-state index is 11.2. The third-order valence-electron chi connectivity index (χ3n) is 3.48. The molecule has 0 atom stereocenters. The van der Waals surface area contributed by atoms with Crippen LogP contribution in [0.1, 0.15) is 37.2 Å². The Bertz CT molecular complexity index is 358. The van der Waals surface area contributed by atoms with Crippen LogP contribution < -0.4 is 5.32 Å². The molecule has 0 unspecified atom stereocenters. The normalized spacial score (nSPS) is 24.3. The second-order valence-corrected chi connectivity index (χ2v) is 4.93. The number of halogens is 1. The van der Waals surface area contributed by atoms with E-state index >= 15 is 0 Å². The van der Waals surface area contributed by atoms with Crippen molar-refractivity contribution >= 4 is 17.5 Å². The van der Waals surface area contributed by atoms with Crippen molar-refractivity contribution < 1.29 is 4.79 Å². The topological polar surface area (TPSA) is 29.1 Å². The summed E-state index contributed by atoms with van der Waals surface area (Å²) in [6.45, 7) is 0. The van der Waals surface area contributed by atoms with Gasteiger partial charge in [0.2, 0.25) is 5.91 Å². The molecule has 1 aliphatic carbocycles. The van der Waals surface area contributed by atoms with Crippen LogP contribution in [0.3, 0.4) is 0 Å². The van der Waals surface area contributed by atoms with Gasteiger partial charge in [-0.05, 0) is 37.2 Å². The van der Waals surface area contributed by atoms with Crippen LogP contribution in [0.5, 0.6) is 0 Å². The standard InChI is InChI=1S/C14H18ClNO/c15-10-14(17)16-13-8-6-12(7-9-13)11-4-2-1-3-5-11/h1-5,12-13H,6-10H2,(H,16,17). The van der Waals surface area contributed by atoms with Gasteiger partial charge in [-0.15, -0.1) is 11.6 Å². The molecule has 2 rings (SSSR count). The molecular weight excluding hydrogens is 234 g/mol. The first-order valence-electron chi connectivity index (χ1n) is 6.20. The fourth-order valence-corrected chi connectivity index (χ4v) is 2.64. The molecule has 0 aliphatic heterocycles. The molecule has 0 heterocycles. The van der Waals surface area contributed by atoms with Gasteiger partial charge in [0.1, 0.15) is 5.88 Å². The predicted molar refractivity (Wildman–Crippen MR) is 70.3 cm³/mol. The first-order chi connectivity index (χ1) is 8.29. The van der Waals surface area contributed by atoms with Crippen LogP contribution in [-0.4, -0.2) is 17.8 Å². The third kappa shape index (κ3) is 3.47. The summed E-state index contributed by atoms with van der Waals surface area (Å²) in [4.78, 5) is 11.2. The van der Waals surface area contributed by atoms with E-state index in [0.29, 0.717) is 12.0 Å². The van der Waals surface area contributed by atoms with Gasteiger partial charge >= 0.3 is 0 Å². The third-order valence-corrected chi connectivity index (χ3v) is 3.73. The molecule has 1 saturated carbocycles. The number of rotatable bonds is 3. The fourth-order valence-electron chi connectivity index (χ4n) is 2.56. The summed E-state index contributed by atoms with van der Waals surface area (Å²) in [5.41, 5.74) is 1.43. The van der Waals surface area contributed by atoms with Crippen LogP contribution in [0, 0.1) is 0 Å². The Kier molecular flexibility index (Phi) is 4.43. The zero-order valence-corrected chi connectivity index (χ0v) is 10.6. The van der Waals surface area contributed by atoms with Gasteiger partial charge in [0.25, 0.3) is 0 Å². The summed E-state index contributed by atoms with van der Waals surface area (Å²) in [6, 6.07) is 11.0. The van der Waals surface area contributed by atoms with E-state index in [1.54, 1.807) is 0 Å². The largest absolute Gasteiger partial charge is 0.352 e. The highest BCUT2D eigenvalue weighted by molar-refractivity contribution is 6.27. The molecule has 1 aromatic carbocycles.